The molecule has 1 aromatic heterocycles. The van der Waals surface area contributed by atoms with E-state index in [2.05, 4.69) is 10.3 Å². The largest absolute Gasteiger partial charge is 0.361 e. The second-order valence-electron chi connectivity index (χ2n) is 6.02. The fourth-order valence-electron chi connectivity index (χ4n) is 2.34. The van der Waals surface area contributed by atoms with Crippen LogP contribution in [0.2, 0.25) is 0 Å². The lowest BCUT2D eigenvalue weighted by atomic mass is 10.0. The summed E-state index contributed by atoms with van der Waals surface area (Å²) in [6.45, 7) is 4.08. The molecule has 0 aliphatic heterocycles. The van der Waals surface area contributed by atoms with Crippen molar-refractivity contribution in [1.82, 2.24) is 10.3 Å². The third-order valence-corrected chi connectivity index (χ3v) is 3.66. The normalized spacial score (nSPS) is 12.5. The van der Waals surface area contributed by atoms with Gasteiger partial charge in [-0.2, -0.15) is 0 Å². The first-order valence-electron chi connectivity index (χ1n) is 7.61. The van der Waals surface area contributed by atoms with Gasteiger partial charge in [-0.1, -0.05) is 32.0 Å². The second-order valence-corrected chi connectivity index (χ2v) is 6.02. The molecule has 118 valence electrons. The van der Waals surface area contributed by atoms with Gasteiger partial charge in [-0.25, -0.2) is 0 Å². The maximum Gasteiger partial charge on any atom is 0.243 e. The SMILES string of the molecule is CC(C)CCC(=O)NC(=O)[C@@H](N)Cc1c[nH]c2ccccc12. The molecule has 1 atom stereocenters. The van der Waals surface area contributed by atoms with E-state index < -0.39 is 11.9 Å². The zero-order valence-electron chi connectivity index (χ0n) is 13.1. The van der Waals surface area contributed by atoms with Gasteiger partial charge in [-0.05, 0) is 30.4 Å². The number of carbonyl (C=O) groups is 2. The van der Waals surface area contributed by atoms with Crippen LogP contribution in [0, 0.1) is 5.92 Å². The van der Waals surface area contributed by atoms with Crippen molar-refractivity contribution in [2.45, 2.75) is 39.2 Å². The number of aromatic nitrogens is 1. The molecule has 2 aromatic rings. The molecule has 0 aliphatic rings. The molecule has 0 unspecified atom stereocenters. The van der Waals surface area contributed by atoms with Gasteiger partial charge in [-0.3, -0.25) is 14.9 Å². The number of aromatic amines is 1. The number of para-hydroxylation sites is 1. The molecule has 2 rings (SSSR count). The van der Waals surface area contributed by atoms with Crippen LogP contribution in [0.25, 0.3) is 10.9 Å². The Morgan fingerprint density at radius 2 is 2.00 bits per heavy atom. The molecular formula is C17H23N3O2. The average Bonchev–Trinajstić information content (AvgIpc) is 2.88. The minimum absolute atomic E-state index is 0.256. The van der Waals surface area contributed by atoms with Crippen molar-refractivity contribution in [3.63, 3.8) is 0 Å². The zero-order valence-corrected chi connectivity index (χ0v) is 13.1. The van der Waals surface area contributed by atoms with Crippen LogP contribution < -0.4 is 11.1 Å². The van der Waals surface area contributed by atoms with Gasteiger partial charge < -0.3 is 10.7 Å². The third kappa shape index (κ3) is 4.18. The van der Waals surface area contributed by atoms with Crippen LogP contribution in [0.3, 0.4) is 0 Å². The highest BCUT2D eigenvalue weighted by molar-refractivity contribution is 5.98. The number of imide groups is 1. The first-order valence-corrected chi connectivity index (χ1v) is 7.61. The first kappa shape index (κ1) is 16.2. The summed E-state index contributed by atoms with van der Waals surface area (Å²) in [6.07, 6.45) is 3.37. The summed E-state index contributed by atoms with van der Waals surface area (Å²) in [5.74, 6) is -0.243. The predicted octanol–water partition coefficient (Wildman–Crippen LogP) is 2.12. The fraction of sp³-hybridized carbons (Fsp3) is 0.412. The average molecular weight is 301 g/mol. The summed E-state index contributed by atoms with van der Waals surface area (Å²) in [5.41, 5.74) is 7.92. The van der Waals surface area contributed by atoms with Crippen molar-refractivity contribution < 1.29 is 9.59 Å². The fourth-order valence-corrected chi connectivity index (χ4v) is 2.34. The van der Waals surface area contributed by atoms with Crippen molar-refractivity contribution in [2.24, 2.45) is 11.7 Å². The number of nitrogens with two attached hydrogens (primary N) is 1. The maximum absolute atomic E-state index is 12.0. The number of amides is 2. The molecule has 0 bridgehead atoms. The summed E-state index contributed by atoms with van der Waals surface area (Å²) < 4.78 is 0. The Bertz CT molecular complexity index is 661. The van der Waals surface area contributed by atoms with Crippen molar-refractivity contribution in [3.05, 3.63) is 36.0 Å². The Kier molecular flexibility index (Phi) is 5.33. The topological polar surface area (TPSA) is 88.0 Å². The molecule has 5 nitrogen and oxygen atoms in total. The number of H-pyrrole nitrogens is 1. The number of fused-ring (bicyclic) bond motifs is 1. The van der Waals surface area contributed by atoms with Crippen LogP contribution in [0.15, 0.2) is 30.5 Å². The molecule has 0 fully saturated rings. The van der Waals surface area contributed by atoms with E-state index in [1.54, 1.807) is 0 Å². The molecule has 0 saturated carbocycles. The van der Waals surface area contributed by atoms with Crippen LogP contribution in [-0.4, -0.2) is 22.8 Å². The van der Waals surface area contributed by atoms with E-state index in [0.29, 0.717) is 18.8 Å². The molecule has 1 aromatic carbocycles. The molecule has 4 N–H and O–H groups in total. The van der Waals surface area contributed by atoms with Crippen molar-refractivity contribution in [3.8, 4) is 0 Å². The Morgan fingerprint density at radius 1 is 1.27 bits per heavy atom. The summed E-state index contributed by atoms with van der Waals surface area (Å²) in [6, 6.07) is 7.12. The standard InChI is InChI=1S/C17H23N3O2/c1-11(2)7-8-16(21)20-17(22)14(18)9-12-10-19-15-6-4-3-5-13(12)15/h3-6,10-11,14,19H,7-9,18H2,1-2H3,(H,20,21,22)/t14-/m0/s1. The first-order chi connectivity index (χ1) is 10.5. The lowest BCUT2D eigenvalue weighted by molar-refractivity contribution is -0.131. The number of hydrogen-bond acceptors (Lipinski definition) is 3. The Morgan fingerprint density at radius 3 is 2.73 bits per heavy atom. The Labute approximate surface area is 130 Å². The molecule has 2 amide bonds. The van der Waals surface area contributed by atoms with E-state index in [9.17, 15) is 9.59 Å². The van der Waals surface area contributed by atoms with E-state index in [1.165, 1.54) is 0 Å². The minimum Gasteiger partial charge on any atom is -0.361 e. The highest BCUT2D eigenvalue weighted by Crippen LogP contribution is 2.18. The van der Waals surface area contributed by atoms with E-state index in [4.69, 9.17) is 5.73 Å². The lowest BCUT2D eigenvalue weighted by Gasteiger charge is -2.11. The van der Waals surface area contributed by atoms with E-state index in [-0.39, 0.29) is 5.91 Å². The van der Waals surface area contributed by atoms with E-state index >= 15 is 0 Å². The zero-order chi connectivity index (χ0) is 16.1. The number of carbonyl (C=O) groups excluding carboxylic acids is 2. The smallest absolute Gasteiger partial charge is 0.243 e. The molecule has 0 aliphatic carbocycles. The van der Waals surface area contributed by atoms with Gasteiger partial charge in [0.25, 0.3) is 0 Å². The van der Waals surface area contributed by atoms with Gasteiger partial charge >= 0.3 is 0 Å². The predicted molar refractivity (Wildman–Crippen MR) is 87.2 cm³/mol. The van der Waals surface area contributed by atoms with Gasteiger partial charge in [0.15, 0.2) is 0 Å². The summed E-state index contributed by atoms with van der Waals surface area (Å²) in [5, 5.41) is 3.44. The van der Waals surface area contributed by atoms with Crippen molar-refractivity contribution in [1.29, 1.82) is 0 Å². The molecule has 0 radical (unpaired) electrons. The van der Waals surface area contributed by atoms with Gasteiger partial charge in [0.05, 0.1) is 6.04 Å². The quantitative estimate of drug-likeness (QED) is 0.763. The van der Waals surface area contributed by atoms with Gasteiger partial charge in [0.2, 0.25) is 11.8 Å². The molecule has 5 heteroatoms. The molecular weight excluding hydrogens is 278 g/mol. The molecule has 22 heavy (non-hydrogen) atoms. The van der Waals surface area contributed by atoms with Crippen molar-refractivity contribution in [2.75, 3.05) is 0 Å². The molecule has 1 heterocycles. The number of benzene rings is 1. The number of nitrogens with one attached hydrogen (secondary N) is 2. The highest BCUT2D eigenvalue weighted by Gasteiger charge is 2.18. The Hall–Kier alpha value is -2.14. The summed E-state index contributed by atoms with van der Waals surface area (Å²) >= 11 is 0. The highest BCUT2D eigenvalue weighted by atomic mass is 16.2. The van der Waals surface area contributed by atoms with E-state index in [0.717, 1.165) is 22.9 Å². The molecule has 0 spiro atoms. The van der Waals surface area contributed by atoms with Crippen molar-refractivity contribution >= 4 is 22.7 Å². The summed E-state index contributed by atoms with van der Waals surface area (Å²) in [4.78, 5) is 26.8. The Balaban J connectivity index is 1.92. The summed E-state index contributed by atoms with van der Waals surface area (Å²) in [7, 11) is 0. The number of hydrogen-bond donors (Lipinski definition) is 3. The van der Waals surface area contributed by atoms with Gasteiger partial charge in [0.1, 0.15) is 0 Å². The lowest BCUT2D eigenvalue weighted by Crippen LogP contribution is -2.44. The van der Waals surface area contributed by atoms with Crippen LogP contribution in [0.5, 0.6) is 0 Å². The maximum atomic E-state index is 12.0. The van der Waals surface area contributed by atoms with Gasteiger partial charge in [0, 0.05) is 23.5 Å². The second kappa shape index (κ2) is 7.22. The molecule has 0 saturated heterocycles. The van der Waals surface area contributed by atoms with Crippen LogP contribution >= 0.6 is 0 Å². The van der Waals surface area contributed by atoms with Crippen LogP contribution in [0.4, 0.5) is 0 Å². The van der Waals surface area contributed by atoms with E-state index in [1.807, 2.05) is 44.3 Å². The third-order valence-electron chi connectivity index (χ3n) is 3.66. The van der Waals surface area contributed by atoms with Gasteiger partial charge in [-0.15, -0.1) is 0 Å². The minimum atomic E-state index is -0.734. The van der Waals surface area contributed by atoms with Crippen LogP contribution in [-0.2, 0) is 16.0 Å². The number of rotatable bonds is 6. The monoisotopic (exact) mass is 301 g/mol. The van der Waals surface area contributed by atoms with Crippen LogP contribution in [0.1, 0.15) is 32.3 Å².